The number of hydrogen-bond acceptors (Lipinski definition) is 2. The first kappa shape index (κ1) is 13.6. The molecular formula is C14H21NO2. The third kappa shape index (κ3) is 2.60. The van der Waals surface area contributed by atoms with Crippen LogP contribution in [-0.4, -0.2) is 20.1 Å². The van der Waals surface area contributed by atoms with Crippen LogP contribution in [0.3, 0.4) is 0 Å². The van der Waals surface area contributed by atoms with E-state index in [-0.39, 0.29) is 5.91 Å². The lowest BCUT2D eigenvalue weighted by molar-refractivity contribution is -0.118. The molecule has 0 radical (unpaired) electrons. The monoisotopic (exact) mass is 235 g/mol. The molecule has 0 spiro atoms. The smallest absolute Gasteiger partial charge is 0.227 e. The van der Waals surface area contributed by atoms with Crippen LogP contribution < -0.4 is 9.64 Å². The van der Waals surface area contributed by atoms with Crippen molar-refractivity contribution in [3.05, 3.63) is 23.3 Å². The second kappa shape index (κ2) is 5.71. The van der Waals surface area contributed by atoms with Gasteiger partial charge in [-0.25, -0.2) is 0 Å². The van der Waals surface area contributed by atoms with E-state index in [0.29, 0.717) is 6.42 Å². The molecule has 1 aromatic carbocycles. The highest BCUT2D eigenvalue weighted by atomic mass is 16.5. The number of benzene rings is 1. The summed E-state index contributed by atoms with van der Waals surface area (Å²) in [6, 6.07) is 4.05. The summed E-state index contributed by atoms with van der Waals surface area (Å²) in [4.78, 5) is 13.2. The van der Waals surface area contributed by atoms with Gasteiger partial charge in [-0.15, -0.1) is 0 Å². The minimum atomic E-state index is 0.187. The van der Waals surface area contributed by atoms with Gasteiger partial charge in [0.25, 0.3) is 0 Å². The van der Waals surface area contributed by atoms with Gasteiger partial charge in [0, 0.05) is 19.2 Å². The second-order valence-corrected chi connectivity index (χ2v) is 3.90. The van der Waals surface area contributed by atoms with Crippen molar-refractivity contribution in [2.75, 3.05) is 19.1 Å². The van der Waals surface area contributed by atoms with Gasteiger partial charge >= 0.3 is 0 Å². The lowest BCUT2D eigenvalue weighted by Crippen LogP contribution is -2.31. The van der Waals surface area contributed by atoms with Crippen LogP contribution in [0.1, 0.15) is 31.4 Å². The minimum absolute atomic E-state index is 0.187. The van der Waals surface area contributed by atoms with Gasteiger partial charge in [-0.05, 0) is 36.6 Å². The van der Waals surface area contributed by atoms with Crippen molar-refractivity contribution < 1.29 is 9.53 Å². The first-order chi connectivity index (χ1) is 8.13. The molecule has 0 saturated carbocycles. The Morgan fingerprint density at radius 1 is 1.24 bits per heavy atom. The van der Waals surface area contributed by atoms with E-state index in [1.165, 1.54) is 5.56 Å². The zero-order chi connectivity index (χ0) is 13.0. The Bertz CT molecular complexity index is 413. The van der Waals surface area contributed by atoms with Crippen LogP contribution in [0.5, 0.6) is 5.75 Å². The van der Waals surface area contributed by atoms with E-state index in [9.17, 15) is 4.79 Å². The maximum Gasteiger partial charge on any atom is 0.227 e. The van der Waals surface area contributed by atoms with E-state index < -0.39 is 0 Å². The molecule has 0 bridgehead atoms. The summed E-state index contributed by atoms with van der Waals surface area (Å²) in [5, 5.41) is 0. The van der Waals surface area contributed by atoms with Gasteiger partial charge in [0.15, 0.2) is 0 Å². The fraction of sp³-hybridized carbons (Fsp3) is 0.500. The van der Waals surface area contributed by atoms with Crippen molar-refractivity contribution in [3.63, 3.8) is 0 Å². The van der Waals surface area contributed by atoms with E-state index in [1.54, 1.807) is 12.0 Å². The summed E-state index contributed by atoms with van der Waals surface area (Å²) in [7, 11) is 3.50. The number of carbonyl (C=O) groups excluding carboxylic acids is 1. The SMILES string of the molecule is CC.COc1cc2c(cc1C)N(C)C(=O)CC2. The Morgan fingerprint density at radius 2 is 1.88 bits per heavy atom. The van der Waals surface area contributed by atoms with Gasteiger partial charge in [0.2, 0.25) is 5.91 Å². The number of rotatable bonds is 1. The van der Waals surface area contributed by atoms with E-state index in [0.717, 1.165) is 23.4 Å². The number of methoxy groups -OCH3 is 1. The summed E-state index contributed by atoms with van der Waals surface area (Å²) in [5.41, 5.74) is 3.28. The summed E-state index contributed by atoms with van der Waals surface area (Å²) in [5.74, 6) is 1.09. The van der Waals surface area contributed by atoms with Gasteiger partial charge in [-0.1, -0.05) is 13.8 Å². The van der Waals surface area contributed by atoms with Crippen LogP contribution in [0.15, 0.2) is 12.1 Å². The highest BCUT2D eigenvalue weighted by Gasteiger charge is 2.21. The number of ether oxygens (including phenoxy) is 1. The van der Waals surface area contributed by atoms with Crippen molar-refractivity contribution in [1.29, 1.82) is 0 Å². The Kier molecular flexibility index (Phi) is 4.55. The standard InChI is InChI=1S/C12H15NO2.C2H6/c1-8-6-10-9(7-11(8)15-3)4-5-12(14)13(10)2;1-2/h6-7H,4-5H2,1-3H3;1-2H3. The van der Waals surface area contributed by atoms with Crippen molar-refractivity contribution >= 4 is 11.6 Å². The molecular weight excluding hydrogens is 214 g/mol. The number of aryl methyl sites for hydroxylation is 2. The largest absolute Gasteiger partial charge is 0.496 e. The molecule has 0 N–H and O–H groups in total. The predicted octanol–water partition coefficient (Wildman–Crippen LogP) is 2.94. The maximum atomic E-state index is 11.5. The first-order valence-corrected chi connectivity index (χ1v) is 6.07. The third-order valence-electron chi connectivity index (χ3n) is 2.94. The van der Waals surface area contributed by atoms with Crippen LogP contribution in [-0.2, 0) is 11.2 Å². The molecule has 2 rings (SSSR count). The Labute approximate surface area is 103 Å². The van der Waals surface area contributed by atoms with E-state index in [1.807, 2.05) is 40.0 Å². The van der Waals surface area contributed by atoms with Crippen molar-refractivity contribution in [1.82, 2.24) is 0 Å². The van der Waals surface area contributed by atoms with E-state index in [4.69, 9.17) is 4.74 Å². The fourth-order valence-electron chi connectivity index (χ4n) is 1.99. The molecule has 0 aliphatic carbocycles. The number of anilines is 1. The Balaban J connectivity index is 0.000000686. The summed E-state index contributed by atoms with van der Waals surface area (Å²) in [6.07, 6.45) is 1.41. The molecule has 0 unspecified atom stereocenters. The van der Waals surface area contributed by atoms with Gasteiger partial charge in [-0.3, -0.25) is 4.79 Å². The molecule has 17 heavy (non-hydrogen) atoms. The molecule has 0 atom stereocenters. The van der Waals surface area contributed by atoms with Crippen LogP contribution >= 0.6 is 0 Å². The average Bonchev–Trinajstić information content (AvgIpc) is 2.36. The van der Waals surface area contributed by atoms with Gasteiger partial charge in [-0.2, -0.15) is 0 Å². The van der Waals surface area contributed by atoms with Gasteiger partial charge in [0.05, 0.1) is 7.11 Å². The summed E-state index contributed by atoms with van der Waals surface area (Å²) < 4.78 is 5.27. The van der Waals surface area contributed by atoms with E-state index >= 15 is 0 Å². The normalized spacial score (nSPS) is 13.7. The van der Waals surface area contributed by atoms with Crippen molar-refractivity contribution in [2.24, 2.45) is 0 Å². The molecule has 0 saturated heterocycles. The minimum Gasteiger partial charge on any atom is -0.496 e. The quantitative estimate of drug-likeness (QED) is 0.749. The zero-order valence-corrected chi connectivity index (χ0v) is 11.3. The topological polar surface area (TPSA) is 29.5 Å². The molecule has 0 fully saturated rings. The predicted molar refractivity (Wildman–Crippen MR) is 70.8 cm³/mol. The number of amides is 1. The number of nitrogens with zero attached hydrogens (tertiary/aromatic N) is 1. The molecule has 1 aliphatic heterocycles. The summed E-state index contributed by atoms with van der Waals surface area (Å²) in [6.45, 7) is 5.99. The van der Waals surface area contributed by atoms with Gasteiger partial charge < -0.3 is 9.64 Å². The summed E-state index contributed by atoms with van der Waals surface area (Å²) >= 11 is 0. The molecule has 1 aliphatic rings. The van der Waals surface area contributed by atoms with Crippen LogP contribution in [0.2, 0.25) is 0 Å². The van der Waals surface area contributed by atoms with E-state index in [2.05, 4.69) is 0 Å². The number of fused-ring (bicyclic) bond motifs is 1. The molecule has 94 valence electrons. The van der Waals surface area contributed by atoms with Crippen LogP contribution in [0.25, 0.3) is 0 Å². The third-order valence-corrected chi connectivity index (χ3v) is 2.94. The number of hydrogen-bond donors (Lipinski definition) is 0. The number of carbonyl (C=O) groups is 1. The lowest BCUT2D eigenvalue weighted by Gasteiger charge is -2.26. The fourth-order valence-corrected chi connectivity index (χ4v) is 1.99. The van der Waals surface area contributed by atoms with Crippen molar-refractivity contribution in [2.45, 2.75) is 33.6 Å². The van der Waals surface area contributed by atoms with Crippen molar-refractivity contribution in [3.8, 4) is 5.75 Å². The molecule has 1 aromatic rings. The highest BCUT2D eigenvalue weighted by Crippen LogP contribution is 2.32. The Hall–Kier alpha value is -1.51. The van der Waals surface area contributed by atoms with Crippen LogP contribution in [0.4, 0.5) is 5.69 Å². The second-order valence-electron chi connectivity index (χ2n) is 3.90. The zero-order valence-electron chi connectivity index (χ0n) is 11.3. The highest BCUT2D eigenvalue weighted by molar-refractivity contribution is 5.96. The van der Waals surface area contributed by atoms with Crippen LogP contribution in [0, 0.1) is 6.92 Å². The Morgan fingerprint density at radius 3 is 2.47 bits per heavy atom. The molecule has 0 aromatic heterocycles. The molecule has 1 amide bonds. The molecule has 3 heteroatoms. The molecule has 1 heterocycles. The first-order valence-electron chi connectivity index (χ1n) is 6.07. The molecule has 3 nitrogen and oxygen atoms in total. The average molecular weight is 235 g/mol. The maximum absolute atomic E-state index is 11.5. The lowest BCUT2D eigenvalue weighted by atomic mass is 9.99. The van der Waals surface area contributed by atoms with Gasteiger partial charge in [0.1, 0.15) is 5.75 Å².